The third-order valence-electron chi connectivity index (χ3n) is 3.25. The second-order valence-electron chi connectivity index (χ2n) is 5.49. The van der Waals surface area contributed by atoms with Crippen molar-refractivity contribution in [1.82, 2.24) is 20.4 Å². The van der Waals surface area contributed by atoms with Gasteiger partial charge in [-0.05, 0) is 12.3 Å². The fraction of sp³-hybridized carbons (Fsp3) is 0.769. The first-order chi connectivity index (χ1) is 9.60. The summed E-state index contributed by atoms with van der Waals surface area (Å²) in [5.41, 5.74) is 0. The van der Waals surface area contributed by atoms with Gasteiger partial charge in [-0.25, -0.2) is 4.79 Å². The van der Waals surface area contributed by atoms with Crippen molar-refractivity contribution in [1.29, 1.82) is 0 Å². The highest BCUT2D eigenvalue weighted by molar-refractivity contribution is 5.74. The first kappa shape index (κ1) is 14.8. The predicted molar refractivity (Wildman–Crippen MR) is 72.2 cm³/mol. The Bertz CT molecular complexity index is 447. The first-order valence-electron chi connectivity index (χ1n) is 6.94. The molecule has 1 aromatic heterocycles. The molecule has 1 N–H and O–H groups in total. The van der Waals surface area contributed by atoms with Crippen LogP contribution in [0, 0.1) is 5.92 Å². The van der Waals surface area contributed by atoms with Crippen LogP contribution in [-0.4, -0.2) is 47.8 Å². The van der Waals surface area contributed by atoms with Crippen LogP contribution in [-0.2, 0) is 11.3 Å². The van der Waals surface area contributed by atoms with Crippen LogP contribution in [0.15, 0.2) is 4.52 Å². The number of carbonyl (C=O) groups excluding carboxylic acids is 1. The molecule has 1 aliphatic heterocycles. The minimum Gasteiger partial charge on any atom is -0.375 e. The molecule has 1 unspecified atom stereocenters. The number of hydrogen-bond donors (Lipinski definition) is 1. The SMILES string of the molecule is COCc1nc(C2CCN(C(=O)NCC(C)C)C2)no1. The standard InChI is InChI=1S/C13H22N4O3/c1-9(2)6-14-13(18)17-5-4-10(7-17)12-15-11(8-19-3)20-16-12/h9-10H,4-8H2,1-3H3,(H,14,18). The number of ether oxygens (including phenoxy) is 1. The molecule has 112 valence electrons. The predicted octanol–water partition coefficient (Wildman–Crippen LogP) is 1.37. The van der Waals surface area contributed by atoms with Crippen LogP contribution >= 0.6 is 0 Å². The molecular formula is C13H22N4O3. The molecule has 0 aliphatic carbocycles. The molecule has 0 aromatic carbocycles. The number of nitrogens with one attached hydrogen (secondary N) is 1. The van der Waals surface area contributed by atoms with Crippen LogP contribution < -0.4 is 5.32 Å². The summed E-state index contributed by atoms with van der Waals surface area (Å²) in [7, 11) is 1.58. The van der Waals surface area contributed by atoms with Gasteiger partial charge in [0.25, 0.3) is 5.89 Å². The number of aromatic nitrogens is 2. The summed E-state index contributed by atoms with van der Waals surface area (Å²) in [6.45, 7) is 6.52. The van der Waals surface area contributed by atoms with Crippen molar-refractivity contribution in [2.45, 2.75) is 32.8 Å². The van der Waals surface area contributed by atoms with E-state index in [0.29, 0.717) is 37.3 Å². The molecular weight excluding hydrogens is 260 g/mol. The van der Waals surface area contributed by atoms with Crippen LogP contribution in [0.1, 0.15) is 37.9 Å². The third-order valence-corrected chi connectivity index (χ3v) is 3.25. The minimum absolute atomic E-state index is 0.0122. The summed E-state index contributed by atoms with van der Waals surface area (Å²) in [5, 5.41) is 6.88. The maximum Gasteiger partial charge on any atom is 0.317 e. The van der Waals surface area contributed by atoms with E-state index in [4.69, 9.17) is 9.26 Å². The summed E-state index contributed by atoms with van der Waals surface area (Å²) < 4.78 is 10.0. The summed E-state index contributed by atoms with van der Waals surface area (Å²) in [6, 6.07) is -0.0122. The van der Waals surface area contributed by atoms with E-state index < -0.39 is 0 Å². The van der Waals surface area contributed by atoms with Crippen LogP contribution in [0.2, 0.25) is 0 Å². The fourth-order valence-electron chi connectivity index (χ4n) is 2.17. The summed E-state index contributed by atoms with van der Waals surface area (Å²) >= 11 is 0. The van der Waals surface area contributed by atoms with E-state index in [2.05, 4.69) is 29.3 Å². The lowest BCUT2D eigenvalue weighted by atomic mass is 10.1. The Morgan fingerprint density at radius 2 is 2.40 bits per heavy atom. The third kappa shape index (κ3) is 3.69. The number of nitrogens with zero attached hydrogens (tertiary/aromatic N) is 3. The Kier molecular flexibility index (Phi) is 4.94. The van der Waals surface area contributed by atoms with E-state index in [9.17, 15) is 4.79 Å². The van der Waals surface area contributed by atoms with Crippen molar-refractivity contribution in [3.63, 3.8) is 0 Å². The van der Waals surface area contributed by atoms with E-state index in [0.717, 1.165) is 13.0 Å². The molecule has 1 aromatic rings. The van der Waals surface area contributed by atoms with E-state index in [1.165, 1.54) is 0 Å². The number of likely N-dealkylation sites (tertiary alicyclic amines) is 1. The van der Waals surface area contributed by atoms with Crippen molar-refractivity contribution < 1.29 is 14.1 Å². The molecule has 1 fully saturated rings. The van der Waals surface area contributed by atoms with Gasteiger partial charge in [0, 0.05) is 32.7 Å². The van der Waals surface area contributed by atoms with Gasteiger partial charge in [-0.3, -0.25) is 0 Å². The molecule has 2 amide bonds. The fourth-order valence-corrected chi connectivity index (χ4v) is 2.17. The molecule has 7 heteroatoms. The Morgan fingerprint density at radius 3 is 3.10 bits per heavy atom. The normalized spacial score (nSPS) is 18.8. The van der Waals surface area contributed by atoms with E-state index in [1.54, 1.807) is 12.0 Å². The molecule has 7 nitrogen and oxygen atoms in total. The van der Waals surface area contributed by atoms with E-state index in [-0.39, 0.29) is 11.9 Å². The average molecular weight is 282 g/mol. The maximum absolute atomic E-state index is 12.0. The van der Waals surface area contributed by atoms with Crippen molar-refractivity contribution in [3.05, 3.63) is 11.7 Å². The Hall–Kier alpha value is -1.63. The Balaban J connectivity index is 1.86. The maximum atomic E-state index is 12.0. The average Bonchev–Trinajstić information content (AvgIpc) is 3.04. The van der Waals surface area contributed by atoms with Crippen molar-refractivity contribution >= 4 is 6.03 Å². The molecule has 1 atom stereocenters. The van der Waals surface area contributed by atoms with Crippen LogP contribution in [0.4, 0.5) is 4.79 Å². The topological polar surface area (TPSA) is 80.5 Å². The smallest absolute Gasteiger partial charge is 0.317 e. The number of amides is 2. The first-order valence-corrected chi connectivity index (χ1v) is 6.94. The molecule has 0 bridgehead atoms. The zero-order valence-corrected chi connectivity index (χ0v) is 12.3. The monoisotopic (exact) mass is 282 g/mol. The summed E-state index contributed by atoms with van der Waals surface area (Å²) in [6.07, 6.45) is 0.862. The second-order valence-corrected chi connectivity index (χ2v) is 5.49. The quantitative estimate of drug-likeness (QED) is 0.882. The number of urea groups is 1. The minimum atomic E-state index is -0.0122. The van der Waals surface area contributed by atoms with Gasteiger partial charge in [0.2, 0.25) is 0 Å². The second kappa shape index (κ2) is 6.69. The van der Waals surface area contributed by atoms with Crippen molar-refractivity contribution in [2.24, 2.45) is 5.92 Å². The lowest BCUT2D eigenvalue weighted by Gasteiger charge is -2.17. The highest BCUT2D eigenvalue weighted by Crippen LogP contribution is 2.25. The van der Waals surface area contributed by atoms with Gasteiger partial charge >= 0.3 is 6.03 Å². The van der Waals surface area contributed by atoms with Gasteiger partial charge in [-0.15, -0.1) is 0 Å². The lowest BCUT2D eigenvalue weighted by Crippen LogP contribution is -2.39. The Morgan fingerprint density at radius 1 is 1.60 bits per heavy atom. The van der Waals surface area contributed by atoms with Crippen LogP contribution in [0.25, 0.3) is 0 Å². The van der Waals surface area contributed by atoms with Gasteiger partial charge in [-0.1, -0.05) is 19.0 Å². The summed E-state index contributed by atoms with van der Waals surface area (Å²) in [5.74, 6) is 1.74. The lowest BCUT2D eigenvalue weighted by molar-refractivity contribution is 0.151. The van der Waals surface area contributed by atoms with Crippen LogP contribution in [0.3, 0.4) is 0 Å². The Labute approximate surface area is 118 Å². The van der Waals surface area contributed by atoms with E-state index in [1.807, 2.05) is 0 Å². The highest BCUT2D eigenvalue weighted by Gasteiger charge is 2.30. The molecule has 2 heterocycles. The van der Waals surface area contributed by atoms with Crippen molar-refractivity contribution in [3.8, 4) is 0 Å². The van der Waals surface area contributed by atoms with E-state index >= 15 is 0 Å². The number of carbonyl (C=O) groups is 1. The zero-order chi connectivity index (χ0) is 14.5. The molecule has 20 heavy (non-hydrogen) atoms. The molecule has 1 aliphatic rings. The van der Waals surface area contributed by atoms with Gasteiger partial charge in [0.05, 0.1) is 0 Å². The molecule has 1 saturated heterocycles. The largest absolute Gasteiger partial charge is 0.375 e. The van der Waals surface area contributed by atoms with Crippen molar-refractivity contribution in [2.75, 3.05) is 26.7 Å². The number of methoxy groups -OCH3 is 1. The van der Waals surface area contributed by atoms with Gasteiger partial charge in [0.1, 0.15) is 6.61 Å². The van der Waals surface area contributed by atoms with Gasteiger partial charge in [0.15, 0.2) is 5.82 Å². The molecule has 0 spiro atoms. The zero-order valence-electron chi connectivity index (χ0n) is 12.3. The summed E-state index contributed by atoms with van der Waals surface area (Å²) in [4.78, 5) is 18.1. The molecule has 0 saturated carbocycles. The van der Waals surface area contributed by atoms with Gasteiger partial charge < -0.3 is 19.5 Å². The van der Waals surface area contributed by atoms with Crippen LogP contribution in [0.5, 0.6) is 0 Å². The highest BCUT2D eigenvalue weighted by atomic mass is 16.5. The number of hydrogen-bond acceptors (Lipinski definition) is 5. The van der Waals surface area contributed by atoms with Gasteiger partial charge in [-0.2, -0.15) is 4.98 Å². The molecule has 2 rings (SSSR count). The number of rotatable bonds is 5. The molecule has 0 radical (unpaired) electrons.